The number of ether oxygens (including phenoxy) is 1. The number of hydrogen-bond donors (Lipinski definition) is 1. The molecule has 5 aromatic heterocycles. The minimum Gasteiger partial charge on any atom is -0.346 e. The predicted octanol–water partition coefficient (Wildman–Crippen LogP) is 2.69. The maximum Gasteiger partial charge on any atom is 0.144 e. The van der Waals surface area contributed by atoms with E-state index in [0.29, 0.717) is 13.1 Å². The minimum absolute atomic E-state index is 0.0466. The van der Waals surface area contributed by atoms with Crippen LogP contribution in [-0.4, -0.2) is 40.0 Å². The number of hydrogen-bond acceptors (Lipinski definition) is 6. The fourth-order valence-electron chi connectivity index (χ4n) is 4.26. The van der Waals surface area contributed by atoms with E-state index < -0.39 is 0 Å². The zero-order chi connectivity index (χ0) is 21.1. The molecule has 2 atom stereocenters. The topological polar surface area (TPSA) is 89.9 Å². The summed E-state index contributed by atoms with van der Waals surface area (Å²) >= 11 is 0. The smallest absolute Gasteiger partial charge is 0.144 e. The predicted molar refractivity (Wildman–Crippen MR) is 116 cm³/mol. The first-order valence-corrected chi connectivity index (χ1v) is 11.0. The van der Waals surface area contributed by atoms with E-state index in [9.17, 15) is 0 Å². The Morgan fingerprint density at radius 1 is 1.00 bits per heavy atom. The molecule has 9 nitrogen and oxygen atoms in total. The molecule has 1 N–H and O–H groups in total. The highest BCUT2D eigenvalue weighted by molar-refractivity contribution is 5.43. The van der Waals surface area contributed by atoms with E-state index in [1.165, 1.54) is 24.0 Å². The summed E-state index contributed by atoms with van der Waals surface area (Å²) in [7, 11) is 0. The van der Waals surface area contributed by atoms with E-state index in [1.807, 2.05) is 27.5 Å². The second-order valence-electron chi connectivity index (χ2n) is 8.66. The van der Waals surface area contributed by atoms with Crippen LogP contribution in [0.2, 0.25) is 0 Å². The molecule has 2 unspecified atom stereocenters. The van der Waals surface area contributed by atoms with Gasteiger partial charge in [-0.2, -0.15) is 0 Å². The Kier molecular flexibility index (Phi) is 3.94. The molecule has 0 spiro atoms. The first kappa shape index (κ1) is 18.1. The van der Waals surface area contributed by atoms with Crippen LogP contribution in [-0.2, 0) is 17.8 Å². The largest absolute Gasteiger partial charge is 0.346 e. The third-order valence-electron chi connectivity index (χ3n) is 6.19. The number of epoxide rings is 1. The van der Waals surface area contributed by atoms with Gasteiger partial charge in [-0.25, -0.2) is 14.6 Å². The molecule has 2 fully saturated rings. The van der Waals surface area contributed by atoms with Gasteiger partial charge in [-0.3, -0.25) is 5.32 Å². The monoisotopic (exact) mass is 426 g/mol. The molecule has 2 aliphatic rings. The van der Waals surface area contributed by atoms with E-state index in [-0.39, 0.29) is 12.3 Å². The lowest BCUT2D eigenvalue weighted by atomic mass is 10.2. The van der Waals surface area contributed by atoms with Gasteiger partial charge in [-0.1, -0.05) is 17.3 Å². The number of imidazole rings is 2. The van der Waals surface area contributed by atoms with Gasteiger partial charge >= 0.3 is 0 Å². The molecule has 32 heavy (non-hydrogen) atoms. The van der Waals surface area contributed by atoms with Gasteiger partial charge in [0.15, 0.2) is 0 Å². The van der Waals surface area contributed by atoms with Crippen molar-refractivity contribution >= 4 is 11.3 Å². The van der Waals surface area contributed by atoms with Crippen LogP contribution in [0.25, 0.3) is 11.3 Å². The Balaban J connectivity index is 0.989. The van der Waals surface area contributed by atoms with Crippen LogP contribution in [0, 0.1) is 0 Å². The van der Waals surface area contributed by atoms with Crippen molar-refractivity contribution in [3.63, 3.8) is 0 Å². The standard InChI is InChI=1S/C23H22N8O/c1-5-20-24-7-8-29(20)10-15(1)9-25-23-22(32-23)19-14-31(28-27-19)13-18-12-30-11-17(16-2-3-16)4-6-21(30)26-18/h1,4-8,10-12,14,16,22-23,25H,2-3,9,13H2. The van der Waals surface area contributed by atoms with Crippen LogP contribution in [0.5, 0.6) is 0 Å². The first-order valence-electron chi connectivity index (χ1n) is 11.0. The quantitative estimate of drug-likeness (QED) is 0.403. The van der Waals surface area contributed by atoms with Crippen molar-refractivity contribution in [1.82, 2.24) is 39.1 Å². The number of nitrogens with zero attached hydrogens (tertiary/aromatic N) is 7. The lowest BCUT2D eigenvalue weighted by Crippen LogP contribution is -2.17. The summed E-state index contributed by atoms with van der Waals surface area (Å²) in [5.74, 6) is 0.733. The second-order valence-corrected chi connectivity index (χ2v) is 8.66. The summed E-state index contributed by atoms with van der Waals surface area (Å²) in [6, 6.07) is 8.39. The van der Waals surface area contributed by atoms with E-state index in [4.69, 9.17) is 9.72 Å². The zero-order valence-electron chi connectivity index (χ0n) is 17.4. The highest BCUT2D eigenvalue weighted by Crippen LogP contribution is 2.40. The lowest BCUT2D eigenvalue weighted by Gasteiger charge is -2.02. The molecule has 0 radical (unpaired) electrons. The summed E-state index contributed by atoms with van der Waals surface area (Å²) in [6.07, 6.45) is 14.5. The molecule has 0 aromatic carbocycles. The summed E-state index contributed by atoms with van der Waals surface area (Å²) in [4.78, 5) is 8.99. The molecule has 9 heteroatoms. The zero-order valence-corrected chi connectivity index (χ0v) is 17.4. The van der Waals surface area contributed by atoms with Crippen molar-refractivity contribution < 1.29 is 4.74 Å². The van der Waals surface area contributed by atoms with Gasteiger partial charge in [-0.05, 0) is 42.0 Å². The maximum absolute atomic E-state index is 5.78. The molecular formula is C23H22N8O. The van der Waals surface area contributed by atoms with Gasteiger partial charge in [0.05, 0.1) is 18.4 Å². The highest BCUT2D eigenvalue weighted by Gasteiger charge is 2.42. The van der Waals surface area contributed by atoms with Gasteiger partial charge in [0, 0.05) is 37.5 Å². The Morgan fingerprint density at radius 3 is 2.88 bits per heavy atom. The molecule has 1 aliphatic carbocycles. The van der Waals surface area contributed by atoms with E-state index in [2.05, 4.69) is 61.8 Å². The van der Waals surface area contributed by atoms with Gasteiger partial charge in [0.25, 0.3) is 0 Å². The van der Waals surface area contributed by atoms with Crippen LogP contribution in [0.1, 0.15) is 47.4 Å². The van der Waals surface area contributed by atoms with Gasteiger partial charge < -0.3 is 13.5 Å². The lowest BCUT2D eigenvalue weighted by molar-refractivity contribution is 0.344. The van der Waals surface area contributed by atoms with E-state index >= 15 is 0 Å². The summed E-state index contributed by atoms with van der Waals surface area (Å²) in [6.45, 7) is 1.30. The number of aromatic nitrogens is 7. The second kappa shape index (κ2) is 6.98. The van der Waals surface area contributed by atoms with Crippen molar-refractivity contribution in [2.45, 2.75) is 44.2 Å². The molecule has 0 amide bonds. The Bertz CT molecular complexity index is 1430. The fraction of sp³-hybridized carbons (Fsp3) is 0.304. The van der Waals surface area contributed by atoms with Crippen LogP contribution in [0.4, 0.5) is 0 Å². The Labute approximate surface area is 183 Å². The Morgan fingerprint density at radius 2 is 1.94 bits per heavy atom. The molecule has 7 rings (SSSR count). The van der Waals surface area contributed by atoms with Gasteiger partial charge in [0.1, 0.15) is 29.3 Å². The summed E-state index contributed by atoms with van der Waals surface area (Å²) in [5.41, 5.74) is 6.29. The SMILES string of the molecule is c1cn2cc(CNC3OC3c3cn(Cc4cn5cc(C6CC6)ccc5n4)nn3)ccc2n1. The van der Waals surface area contributed by atoms with Crippen LogP contribution in [0.3, 0.4) is 0 Å². The van der Waals surface area contributed by atoms with Crippen molar-refractivity contribution in [2.24, 2.45) is 0 Å². The highest BCUT2D eigenvalue weighted by atomic mass is 16.6. The normalized spacial score (nSPS) is 20.4. The third kappa shape index (κ3) is 3.35. The third-order valence-corrected chi connectivity index (χ3v) is 6.19. The number of nitrogens with one attached hydrogen (secondary N) is 1. The first-order chi connectivity index (χ1) is 15.8. The minimum atomic E-state index is -0.0668. The molecule has 1 saturated carbocycles. The van der Waals surface area contributed by atoms with Crippen molar-refractivity contribution in [3.05, 3.63) is 84.0 Å². The van der Waals surface area contributed by atoms with E-state index in [1.54, 1.807) is 6.20 Å². The van der Waals surface area contributed by atoms with Gasteiger partial charge in [0.2, 0.25) is 0 Å². The molecule has 160 valence electrons. The summed E-state index contributed by atoms with van der Waals surface area (Å²) in [5, 5.41) is 12.0. The van der Waals surface area contributed by atoms with Crippen molar-refractivity contribution in [2.75, 3.05) is 0 Å². The van der Waals surface area contributed by atoms with Crippen LogP contribution in [0.15, 0.2) is 61.4 Å². The molecule has 1 saturated heterocycles. The number of rotatable bonds is 7. The average Bonchev–Trinajstić information content (AvgIpc) is 3.65. The average molecular weight is 426 g/mol. The van der Waals surface area contributed by atoms with Gasteiger partial charge in [-0.15, -0.1) is 5.10 Å². The molecule has 5 aromatic rings. The van der Waals surface area contributed by atoms with Crippen LogP contribution < -0.4 is 5.32 Å². The fourth-order valence-corrected chi connectivity index (χ4v) is 4.26. The number of fused-ring (bicyclic) bond motifs is 2. The van der Waals surface area contributed by atoms with Crippen LogP contribution >= 0.6 is 0 Å². The molecule has 1 aliphatic heterocycles. The van der Waals surface area contributed by atoms with Crippen molar-refractivity contribution in [1.29, 1.82) is 0 Å². The van der Waals surface area contributed by atoms with E-state index in [0.717, 1.165) is 28.6 Å². The molecule has 0 bridgehead atoms. The summed E-state index contributed by atoms with van der Waals surface area (Å²) < 4.78 is 11.7. The molecule has 6 heterocycles. The number of pyridine rings is 2. The Hall–Kier alpha value is -3.56. The maximum atomic E-state index is 5.78. The molecular weight excluding hydrogens is 404 g/mol. The van der Waals surface area contributed by atoms with Crippen molar-refractivity contribution in [3.8, 4) is 0 Å².